The third-order valence-corrected chi connectivity index (χ3v) is 4.66. The van der Waals surface area contributed by atoms with E-state index in [-0.39, 0.29) is 0 Å². The van der Waals surface area contributed by atoms with Gasteiger partial charge >= 0.3 is 0 Å². The van der Waals surface area contributed by atoms with Gasteiger partial charge in [-0.05, 0) is 63.7 Å². The topological polar surface area (TPSA) is 57.5 Å². The predicted octanol–water partition coefficient (Wildman–Crippen LogP) is 1.87. The number of likely N-dealkylation sites (tertiary alicyclic amines) is 1. The maximum atomic E-state index is 4.30. The Morgan fingerprint density at radius 3 is 2.46 bits per heavy atom. The van der Waals surface area contributed by atoms with E-state index in [0.29, 0.717) is 0 Å². The van der Waals surface area contributed by atoms with Crippen LogP contribution in [0.2, 0.25) is 0 Å². The van der Waals surface area contributed by atoms with Gasteiger partial charge in [-0.25, -0.2) is 0 Å². The molecule has 2 rings (SSSR count). The zero-order valence-corrected chi connectivity index (χ0v) is 15.6. The second-order valence-corrected chi connectivity index (χ2v) is 6.94. The molecule has 0 spiro atoms. The second kappa shape index (κ2) is 10.3. The summed E-state index contributed by atoms with van der Waals surface area (Å²) in [5, 5.41) is 11.1. The van der Waals surface area contributed by atoms with E-state index >= 15 is 0 Å². The van der Waals surface area contributed by atoms with E-state index < -0.39 is 0 Å². The van der Waals surface area contributed by atoms with Crippen LogP contribution in [-0.2, 0) is 6.54 Å². The third kappa shape index (κ3) is 6.91. The van der Waals surface area contributed by atoms with Crippen LogP contribution < -0.4 is 10.6 Å². The molecule has 136 valence electrons. The molecule has 0 radical (unpaired) electrons. The third-order valence-electron chi connectivity index (χ3n) is 4.66. The summed E-state index contributed by atoms with van der Waals surface area (Å²) in [5.41, 5.74) is 1.21. The summed E-state index contributed by atoms with van der Waals surface area (Å²) in [6, 6.07) is 0. The Kier molecular flexibility index (Phi) is 8.08. The Balaban J connectivity index is 1.51. The van der Waals surface area contributed by atoms with Gasteiger partial charge in [-0.15, -0.1) is 0 Å². The van der Waals surface area contributed by atoms with Crippen LogP contribution in [0.25, 0.3) is 0 Å². The molecule has 6 heteroatoms. The minimum atomic E-state index is 0.902. The maximum absolute atomic E-state index is 4.30. The van der Waals surface area contributed by atoms with E-state index in [2.05, 4.69) is 45.7 Å². The lowest BCUT2D eigenvalue weighted by Crippen LogP contribution is -2.40. The van der Waals surface area contributed by atoms with Gasteiger partial charge in [0.1, 0.15) is 0 Å². The molecule has 1 aliphatic heterocycles. The molecule has 2 heterocycles. The number of aliphatic imine (C=N–C) groups is 1. The fourth-order valence-electron chi connectivity index (χ4n) is 3.05. The molecule has 0 aliphatic carbocycles. The normalized spacial score (nSPS) is 17.2. The summed E-state index contributed by atoms with van der Waals surface area (Å²) in [6.07, 6.45) is 8.89. The van der Waals surface area contributed by atoms with Crippen LogP contribution in [0.3, 0.4) is 0 Å². The lowest BCUT2D eigenvalue weighted by atomic mass is 9.99. The number of hydrogen-bond donors (Lipinski definition) is 2. The maximum Gasteiger partial charge on any atom is 0.190 e. The van der Waals surface area contributed by atoms with Crippen molar-refractivity contribution in [3.63, 3.8) is 0 Å². The molecule has 0 unspecified atom stereocenters. The Bertz CT molecular complexity index is 487. The molecule has 0 bridgehead atoms. The van der Waals surface area contributed by atoms with Crippen molar-refractivity contribution >= 4 is 5.96 Å². The highest BCUT2D eigenvalue weighted by molar-refractivity contribution is 5.79. The molecule has 6 nitrogen and oxygen atoms in total. The molecule has 0 amide bonds. The first-order valence-corrected chi connectivity index (χ1v) is 9.33. The van der Waals surface area contributed by atoms with Gasteiger partial charge in [0.05, 0.1) is 6.20 Å². The van der Waals surface area contributed by atoms with Gasteiger partial charge in [-0.2, -0.15) is 5.10 Å². The summed E-state index contributed by atoms with van der Waals surface area (Å²) in [5.74, 6) is 1.81. The number of aromatic nitrogens is 2. The SMILES string of the molecule is CN=C(NCCCN1CCC(C)CC1)NCCCn1cc(C)cn1. The first-order valence-electron chi connectivity index (χ1n) is 9.33. The van der Waals surface area contributed by atoms with E-state index in [9.17, 15) is 0 Å². The first kappa shape index (κ1) is 18.8. The minimum absolute atomic E-state index is 0.902. The molecule has 1 saturated heterocycles. The summed E-state index contributed by atoms with van der Waals surface area (Å²) in [6.45, 7) is 11.0. The van der Waals surface area contributed by atoms with Gasteiger partial charge in [0, 0.05) is 32.9 Å². The van der Waals surface area contributed by atoms with Gasteiger partial charge in [0.25, 0.3) is 0 Å². The van der Waals surface area contributed by atoms with E-state index in [0.717, 1.165) is 37.9 Å². The average molecular weight is 335 g/mol. The molecule has 24 heavy (non-hydrogen) atoms. The fraction of sp³-hybridized carbons (Fsp3) is 0.778. The van der Waals surface area contributed by atoms with E-state index in [1.807, 2.05) is 17.9 Å². The van der Waals surface area contributed by atoms with E-state index in [4.69, 9.17) is 0 Å². The van der Waals surface area contributed by atoms with Crippen LogP contribution in [-0.4, -0.2) is 60.4 Å². The van der Waals surface area contributed by atoms with Crippen LogP contribution in [0.5, 0.6) is 0 Å². The monoisotopic (exact) mass is 334 g/mol. The van der Waals surface area contributed by atoms with Crippen molar-refractivity contribution < 1.29 is 0 Å². The predicted molar refractivity (Wildman–Crippen MR) is 100 cm³/mol. The number of nitrogens with one attached hydrogen (secondary N) is 2. The molecule has 0 aromatic carbocycles. The van der Waals surface area contributed by atoms with Crippen molar-refractivity contribution in [3.05, 3.63) is 18.0 Å². The summed E-state index contributed by atoms with van der Waals surface area (Å²) >= 11 is 0. The van der Waals surface area contributed by atoms with Crippen LogP contribution >= 0.6 is 0 Å². The Labute approximate surface area is 146 Å². The number of hydrogen-bond acceptors (Lipinski definition) is 3. The smallest absolute Gasteiger partial charge is 0.190 e. The summed E-state index contributed by atoms with van der Waals surface area (Å²) < 4.78 is 1.99. The van der Waals surface area contributed by atoms with Crippen LogP contribution in [0.1, 0.15) is 38.2 Å². The molecular formula is C18H34N6. The number of rotatable bonds is 8. The Morgan fingerprint density at radius 1 is 1.21 bits per heavy atom. The summed E-state index contributed by atoms with van der Waals surface area (Å²) in [4.78, 5) is 6.88. The standard InChI is InChI=1S/C18H34N6/c1-16-6-12-23(13-7-16)10-4-8-20-18(19-3)21-9-5-11-24-15-17(2)14-22-24/h14-16H,4-13H2,1-3H3,(H2,19,20,21). The van der Waals surface area contributed by atoms with Crippen molar-refractivity contribution in [2.24, 2.45) is 10.9 Å². The van der Waals surface area contributed by atoms with Crippen LogP contribution in [0.4, 0.5) is 0 Å². The van der Waals surface area contributed by atoms with Gasteiger partial charge in [-0.3, -0.25) is 9.67 Å². The highest BCUT2D eigenvalue weighted by Gasteiger charge is 2.14. The quantitative estimate of drug-likeness (QED) is 0.433. The number of piperidine rings is 1. The molecule has 1 aromatic rings. The van der Waals surface area contributed by atoms with Crippen molar-refractivity contribution in [3.8, 4) is 0 Å². The lowest BCUT2D eigenvalue weighted by Gasteiger charge is -2.30. The van der Waals surface area contributed by atoms with Crippen LogP contribution in [0.15, 0.2) is 17.4 Å². The minimum Gasteiger partial charge on any atom is -0.356 e. The van der Waals surface area contributed by atoms with Gasteiger partial charge in [-0.1, -0.05) is 6.92 Å². The zero-order chi connectivity index (χ0) is 17.2. The van der Waals surface area contributed by atoms with Crippen molar-refractivity contribution in [1.29, 1.82) is 0 Å². The molecular weight excluding hydrogens is 300 g/mol. The number of aryl methyl sites for hydroxylation is 2. The average Bonchev–Trinajstić information content (AvgIpc) is 3.00. The lowest BCUT2D eigenvalue weighted by molar-refractivity contribution is 0.191. The second-order valence-electron chi connectivity index (χ2n) is 6.94. The van der Waals surface area contributed by atoms with E-state index in [1.165, 1.54) is 44.5 Å². The van der Waals surface area contributed by atoms with Crippen molar-refractivity contribution in [1.82, 2.24) is 25.3 Å². The van der Waals surface area contributed by atoms with Gasteiger partial charge < -0.3 is 15.5 Å². The molecule has 1 aromatic heterocycles. The molecule has 1 aliphatic rings. The number of nitrogens with zero attached hydrogens (tertiary/aromatic N) is 4. The van der Waals surface area contributed by atoms with E-state index in [1.54, 1.807) is 0 Å². The number of guanidine groups is 1. The Morgan fingerprint density at radius 2 is 1.88 bits per heavy atom. The zero-order valence-electron chi connectivity index (χ0n) is 15.6. The first-order chi connectivity index (χ1) is 11.7. The van der Waals surface area contributed by atoms with Gasteiger partial charge in [0.15, 0.2) is 5.96 Å². The molecule has 1 fully saturated rings. The molecule has 0 atom stereocenters. The highest BCUT2D eigenvalue weighted by atomic mass is 15.3. The fourth-order valence-corrected chi connectivity index (χ4v) is 3.05. The summed E-state index contributed by atoms with van der Waals surface area (Å²) in [7, 11) is 1.83. The highest BCUT2D eigenvalue weighted by Crippen LogP contribution is 2.15. The largest absolute Gasteiger partial charge is 0.356 e. The molecule has 0 saturated carbocycles. The molecule has 2 N–H and O–H groups in total. The van der Waals surface area contributed by atoms with Gasteiger partial charge in [0.2, 0.25) is 0 Å². The van der Waals surface area contributed by atoms with Crippen LogP contribution in [0, 0.1) is 12.8 Å². The van der Waals surface area contributed by atoms with Crippen molar-refractivity contribution in [2.45, 2.75) is 46.1 Å². The van der Waals surface area contributed by atoms with Crippen molar-refractivity contribution in [2.75, 3.05) is 39.8 Å². The Hall–Kier alpha value is -1.56.